The third-order valence-corrected chi connectivity index (χ3v) is 3.50. The standard InChI is InChI=1S/C19H22O/c1-13(2)11-16-7-9-17(10-8-16)19(20)18-12-14(3)5-6-15(18)4/h5-10,12-13H,11H2,1-4H3. The molecule has 20 heavy (non-hydrogen) atoms. The summed E-state index contributed by atoms with van der Waals surface area (Å²) >= 11 is 0. The molecular weight excluding hydrogens is 244 g/mol. The summed E-state index contributed by atoms with van der Waals surface area (Å²) in [5.74, 6) is 0.748. The first kappa shape index (κ1) is 14.5. The van der Waals surface area contributed by atoms with Crippen molar-refractivity contribution in [1.82, 2.24) is 0 Å². The van der Waals surface area contributed by atoms with Gasteiger partial charge in [0, 0.05) is 11.1 Å². The maximum Gasteiger partial charge on any atom is 0.193 e. The number of rotatable bonds is 4. The molecule has 0 radical (unpaired) electrons. The molecule has 0 bridgehead atoms. The molecular formula is C19H22O. The van der Waals surface area contributed by atoms with Crippen molar-refractivity contribution in [3.05, 3.63) is 70.3 Å². The fourth-order valence-electron chi connectivity index (χ4n) is 2.40. The Kier molecular flexibility index (Phi) is 4.39. The van der Waals surface area contributed by atoms with Crippen molar-refractivity contribution >= 4 is 5.78 Å². The zero-order valence-electron chi connectivity index (χ0n) is 12.7. The highest BCUT2D eigenvalue weighted by Gasteiger charge is 2.12. The van der Waals surface area contributed by atoms with Crippen LogP contribution >= 0.6 is 0 Å². The Hall–Kier alpha value is -1.89. The molecule has 0 fully saturated rings. The van der Waals surface area contributed by atoms with Gasteiger partial charge >= 0.3 is 0 Å². The number of aryl methyl sites for hydroxylation is 2. The molecule has 0 saturated carbocycles. The summed E-state index contributed by atoms with van der Waals surface area (Å²) in [5.41, 5.74) is 5.02. The lowest BCUT2D eigenvalue weighted by Crippen LogP contribution is -2.04. The van der Waals surface area contributed by atoms with E-state index in [1.54, 1.807) is 0 Å². The van der Waals surface area contributed by atoms with Crippen molar-refractivity contribution in [2.45, 2.75) is 34.1 Å². The van der Waals surface area contributed by atoms with Gasteiger partial charge in [-0.15, -0.1) is 0 Å². The van der Waals surface area contributed by atoms with Gasteiger partial charge < -0.3 is 0 Å². The van der Waals surface area contributed by atoms with Crippen LogP contribution in [0.1, 0.15) is 46.5 Å². The summed E-state index contributed by atoms with van der Waals surface area (Å²) in [4.78, 5) is 12.6. The molecule has 0 heterocycles. The fraction of sp³-hybridized carbons (Fsp3) is 0.316. The highest BCUT2D eigenvalue weighted by molar-refractivity contribution is 6.10. The van der Waals surface area contributed by atoms with Gasteiger partial charge in [-0.25, -0.2) is 0 Å². The van der Waals surface area contributed by atoms with Gasteiger partial charge in [0.05, 0.1) is 0 Å². The minimum atomic E-state index is 0.113. The summed E-state index contributed by atoms with van der Waals surface area (Å²) in [5, 5.41) is 0. The second kappa shape index (κ2) is 6.04. The topological polar surface area (TPSA) is 17.1 Å². The van der Waals surface area contributed by atoms with Gasteiger partial charge in [-0.05, 0) is 43.4 Å². The number of hydrogen-bond donors (Lipinski definition) is 0. The number of ketones is 1. The van der Waals surface area contributed by atoms with Gasteiger partial charge in [-0.1, -0.05) is 55.8 Å². The second-order valence-electron chi connectivity index (χ2n) is 5.94. The number of carbonyl (C=O) groups is 1. The zero-order valence-corrected chi connectivity index (χ0v) is 12.7. The van der Waals surface area contributed by atoms with Crippen LogP contribution in [0.25, 0.3) is 0 Å². The van der Waals surface area contributed by atoms with E-state index in [2.05, 4.69) is 26.0 Å². The molecule has 0 unspecified atom stereocenters. The summed E-state index contributed by atoms with van der Waals surface area (Å²) in [6.07, 6.45) is 1.05. The molecule has 0 aliphatic carbocycles. The third-order valence-electron chi connectivity index (χ3n) is 3.50. The molecule has 2 rings (SSSR count). The second-order valence-corrected chi connectivity index (χ2v) is 5.94. The van der Waals surface area contributed by atoms with E-state index in [1.165, 1.54) is 5.56 Å². The zero-order chi connectivity index (χ0) is 14.7. The molecule has 0 atom stereocenters. The van der Waals surface area contributed by atoms with Crippen molar-refractivity contribution in [1.29, 1.82) is 0 Å². The van der Waals surface area contributed by atoms with E-state index in [0.717, 1.165) is 28.7 Å². The average molecular weight is 266 g/mol. The minimum absolute atomic E-state index is 0.113. The first-order valence-corrected chi connectivity index (χ1v) is 7.18. The molecule has 1 nitrogen and oxygen atoms in total. The van der Waals surface area contributed by atoms with E-state index in [9.17, 15) is 4.79 Å². The first-order valence-electron chi connectivity index (χ1n) is 7.18. The van der Waals surface area contributed by atoms with Crippen LogP contribution in [0.2, 0.25) is 0 Å². The van der Waals surface area contributed by atoms with Crippen LogP contribution in [0, 0.1) is 19.8 Å². The van der Waals surface area contributed by atoms with E-state index in [4.69, 9.17) is 0 Å². The SMILES string of the molecule is Cc1ccc(C)c(C(=O)c2ccc(CC(C)C)cc2)c1. The molecule has 0 amide bonds. The lowest BCUT2D eigenvalue weighted by Gasteiger charge is -2.08. The van der Waals surface area contributed by atoms with Crippen LogP contribution in [-0.4, -0.2) is 5.78 Å². The molecule has 0 spiro atoms. The highest BCUT2D eigenvalue weighted by Crippen LogP contribution is 2.17. The van der Waals surface area contributed by atoms with E-state index in [1.807, 2.05) is 44.2 Å². The molecule has 104 valence electrons. The Labute approximate surface area is 121 Å². The maximum absolute atomic E-state index is 12.6. The smallest absolute Gasteiger partial charge is 0.193 e. The summed E-state index contributed by atoms with van der Waals surface area (Å²) in [6.45, 7) is 8.41. The van der Waals surface area contributed by atoms with Crippen molar-refractivity contribution in [2.24, 2.45) is 5.92 Å². The fourth-order valence-corrected chi connectivity index (χ4v) is 2.40. The van der Waals surface area contributed by atoms with Crippen LogP contribution in [0.4, 0.5) is 0 Å². The van der Waals surface area contributed by atoms with Crippen molar-refractivity contribution in [3.63, 3.8) is 0 Å². The van der Waals surface area contributed by atoms with Gasteiger partial charge in [-0.2, -0.15) is 0 Å². The lowest BCUT2D eigenvalue weighted by atomic mass is 9.95. The number of carbonyl (C=O) groups excluding carboxylic acids is 1. The highest BCUT2D eigenvalue weighted by atomic mass is 16.1. The third kappa shape index (κ3) is 3.36. The molecule has 0 aliphatic heterocycles. The minimum Gasteiger partial charge on any atom is -0.289 e. The van der Waals surface area contributed by atoms with Crippen molar-refractivity contribution < 1.29 is 4.79 Å². The lowest BCUT2D eigenvalue weighted by molar-refractivity contribution is 0.103. The van der Waals surface area contributed by atoms with Crippen LogP contribution in [-0.2, 0) is 6.42 Å². The Bertz CT molecular complexity index is 606. The van der Waals surface area contributed by atoms with Gasteiger partial charge in [0.2, 0.25) is 0 Å². The summed E-state index contributed by atoms with van der Waals surface area (Å²) < 4.78 is 0. The van der Waals surface area contributed by atoms with E-state index in [-0.39, 0.29) is 5.78 Å². The molecule has 2 aromatic carbocycles. The molecule has 0 N–H and O–H groups in total. The predicted molar refractivity (Wildman–Crippen MR) is 84.3 cm³/mol. The summed E-state index contributed by atoms with van der Waals surface area (Å²) in [6, 6.07) is 14.0. The predicted octanol–water partition coefficient (Wildman–Crippen LogP) is 4.73. The maximum atomic E-state index is 12.6. The van der Waals surface area contributed by atoms with Crippen LogP contribution in [0.5, 0.6) is 0 Å². The molecule has 2 aromatic rings. The van der Waals surface area contributed by atoms with Gasteiger partial charge in [-0.3, -0.25) is 4.79 Å². The molecule has 0 aliphatic rings. The van der Waals surface area contributed by atoms with Gasteiger partial charge in [0.25, 0.3) is 0 Å². The van der Waals surface area contributed by atoms with Crippen molar-refractivity contribution in [3.8, 4) is 0 Å². The van der Waals surface area contributed by atoms with Crippen LogP contribution in [0.15, 0.2) is 42.5 Å². The quantitative estimate of drug-likeness (QED) is 0.731. The van der Waals surface area contributed by atoms with E-state index < -0.39 is 0 Å². The Morgan fingerprint density at radius 3 is 2.25 bits per heavy atom. The van der Waals surface area contributed by atoms with Gasteiger partial charge in [0.15, 0.2) is 5.78 Å². The summed E-state index contributed by atoms with van der Waals surface area (Å²) in [7, 11) is 0. The number of benzene rings is 2. The van der Waals surface area contributed by atoms with E-state index in [0.29, 0.717) is 5.92 Å². The Balaban J connectivity index is 2.27. The van der Waals surface area contributed by atoms with E-state index >= 15 is 0 Å². The average Bonchev–Trinajstić information content (AvgIpc) is 2.41. The Morgan fingerprint density at radius 1 is 1.00 bits per heavy atom. The Morgan fingerprint density at radius 2 is 1.65 bits per heavy atom. The monoisotopic (exact) mass is 266 g/mol. The van der Waals surface area contributed by atoms with Gasteiger partial charge in [0.1, 0.15) is 0 Å². The molecule has 0 aromatic heterocycles. The van der Waals surface area contributed by atoms with Crippen molar-refractivity contribution in [2.75, 3.05) is 0 Å². The normalized spacial score (nSPS) is 10.8. The number of hydrogen-bond acceptors (Lipinski definition) is 1. The van der Waals surface area contributed by atoms with Crippen LogP contribution < -0.4 is 0 Å². The molecule has 0 saturated heterocycles. The largest absolute Gasteiger partial charge is 0.289 e. The first-order chi connectivity index (χ1) is 9.47. The molecule has 1 heteroatoms. The van der Waals surface area contributed by atoms with Crippen LogP contribution in [0.3, 0.4) is 0 Å².